The molecular formula is C25H29FN4O3. The third kappa shape index (κ3) is 4.71. The summed E-state index contributed by atoms with van der Waals surface area (Å²) in [6.07, 6.45) is 12.2. The van der Waals surface area contributed by atoms with Gasteiger partial charge in [0.1, 0.15) is 11.6 Å². The fraction of sp³-hybridized carbons (Fsp3) is 0.360. The van der Waals surface area contributed by atoms with Crippen LogP contribution in [-0.2, 0) is 4.84 Å². The van der Waals surface area contributed by atoms with Crippen molar-refractivity contribution in [1.82, 2.24) is 14.5 Å². The Morgan fingerprint density at radius 2 is 2.21 bits per heavy atom. The van der Waals surface area contributed by atoms with Crippen molar-refractivity contribution in [2.45, 2.75) is 39.0 Å². The van der Waals surface area contributed by atoms with Gasteiger partial charge in [-0.25, -0.2) is 9.37 Å². The lowest BCUT2D eigenvalue weighted by atomic mass is 9.88. The summed E-state index contributed by atoms with van der Waals surface area (Å²) in [5.41, 5.74) is 1.91. The fourth-order valence-corrected chi connectivity index (χ4v) is 4.12. The highest BCUT2D eigenvalue weighted by Gasteiger charge is 2.47. The largest absolute Gasteiger partial charge is 0.495 e. The van der Waals surface area contributed by atoms with Gasteiger partial charge in [0.2, 0.25) is 5.72 Å². The smallest absolute Gasteiger partial charge is 0.215 e. The van der Waals surface area contributed by atoms with Crippen LogP contribution in [0, 0.1) is 12.8 Å². The van der Waals surface area contributed by atoms with E-state index in [2.05, 4.69) is 10.1 Å². The summed E-state index contributed by atoms with van der Waals surface area (Å²) in [5.74, 6) is 0.948. The number of nitrogens with zero attached hydrogens (tertiary/aromatic N) is 4. The molecule has 0 radical (unpaired) electrons. The molecule has 2 heterocycles. The molecule has 0 amide bonds. The highest BCUT2D eigenvalue weighted by Crippen LogP contribution is 2.38. The minimum absolute atomic E-state index is 0.108. The number of aliphatic hydroxyl groups excluding tert-OH is 1. The number of halogens is 1. The highest BCUT2D eigenvalue weighted by atomic mass is 19.1. The van der Waals surface area contributed by atoms with Crippen molar-refractivity contribution in [2.75, 3.05) is 13.7 Å². The van der Waals surface area contributed by atoms with E-state index < -0.39 is 11.8 Å². The van der Waals surface area contributed by atoms with Crippen molar-refractivity contribution >= 4 is 11.9 Å². The van der Waals surface area contributed by atoms with Crippen LogP contribution in [0.25, 0.3) is 11.8 Å². The Kier molecular flexibility index (Phi) is 6.37. The lowest BCUT2D eigenvalue weighted by molar-refractivity contribution is -0.119. The van der Waals surface area contributed by atoms with E-state index >= 15 is 0 Å². The minimum Gasteiger partial charge on any atom is -0.495 e. The van der Waals surface area contributed by atoms with Crippen molar-refractivity contribution in [3.8, 4) is 11.4 Å². The number of oxime groups is 1. The molecule has 1 unspecified atom stereocenters. The number of ether oxygens (including phenoxy) is 1. The van der Waals surface area contributed by atoms with E-state index in [1.807, 2.05) is 59.9 Å². The molecule has 1 aromatic carbocycles. The molecule has 1 N–H and O–H groups in total. The Morgan fingerprint density at radius 3 is 2.85 bits per heavy atom. The van der Waals surface area contributed by atoms with Gasteiger partial charge in [-0.1, -0.05) is 23.4 Å². The van der Waals surface area contributed by atoms with Gasteiger partial charge in [0.05, 0.1) is 30.9 Å². The molecule has 2 aromatic rings. The van der Waals surface area contributed by atoms with E-state index in [4.69, 9.17) is 9.57 Å². The third-order valence-corrected chi connectivity index (χ3v) is 5.94. The van der Waals surface area contributed by atoms with Gasteiger partial charge in [-0.15, -0.1) is 0 Å². The van der Waals surface area contributed by atoms with Crippen LogP contribution in [0.2, 0.25) is 0 Å². The van der Waals surface area contributed by atoms with Gasteiger partial charge in [0, 0.05) is 18.7 Å². The first-order chi connectivity index (χ1) is 15.8. The van der Waals surface area contributed by atoms with Gasteiger partial charge < -0.3 is 24.1 Å². The number of hydrogen-bond donors (Lipinski definition) is 1. The minimum atomic E-state index is -0.828. The fourth-order valence-electron chi connectivity index (χ4n) is 4.12. The zero-order valence-corrected chi connectivity index (χ0v) is 19.3. The molecule has 2 aliphatic rings. The number of β-amino-alcohol motifs (C(OH)–C–C–N with tert-alkyl or cyclic N) is 1. The predicted molar refractivity (Wildman–Crippen MR) is 126 cm³/mol. The molecular weight excluding hydrogens is 423 g/mol. The summed E-state index contributed by atoms with van der Waals surface area (Å²) in [5, 5.41) is 14.4. The molecule has 8 heteroatoms. The molecule has 1 aliphatic heterocycles. The predicted octanol–water partition coefficient (Wildman–Crippen LogP) is 4.37. The lowest BCUT2D eigenvalue weighted by Crippen LogP contribution is -2.53. The second-order valence-electron chi connectivity index (χ2n) is 8.53. The number of benzene rings is 1. The monoisotopic (exact) mass is 452 g/mol. The topological polar surface area (TPSA) is 72.1 Å². The van der Waals surface area contributed by atoms with Crippen molar-refractivity contribution in [2.24, 2.45) is 11.1 Å². The second-order valence-corrected chi connectivity index (χ2v) is 8.53. The molecule has 0 spiro atoms. The average molecular weight is 453 g/mol. The number of amidine groups is 1. The molecule has 3 atom stereocenters. The number of allylic oxidation sites excluding steroid dienone is 3. The Morgan fingerprint density at radius 1 is 1.39 bits per heavy atom. The van der Waals surface area contributed by atoms with Gasteiger partial charge >= 0.3 is 0 Å². The van der Waals surface area contributed by atoms with E-state index in [-0.39, 0.29) is 11.7 Å². The van der Waals surface area contributed by atoms with Crippen LogP contribution in [0.1, 0.15) is 31.5 Å². The van der Waals surface area contributed by atoms with E-state index in [9.17, 15) is 9.50 Å². The molecule has 33 heavy (non-hydrogen) atoms. The van der Waals surface area contributed by atoms with Crippen molar-refractivity contribution in [3.63, 3.8) is 0 Å². The van der Waals surface area contributed by atoms with E-state index in [0.717, 1.165) is 16.9 Å². The van der Waals surface area contributed by atoms with Crippen molar-refractivity contribution in [3.05, 3.63) is 72.1 Å². The Balaban J connectivity index is 1.57. The standard InChI is InChI=1S/C25H29FN4O3/c1-17-14-29(16-27-17)22-11-5-19(13-23(22)32-4)6-12-24-28-33-25(3,30(24)15-18(2)31)20-7-9-21(26)10-8-20/h5-7,9-14,16,18,20,31H,8,15H2,1-4H3/b12-6+/t18-,20?,25+/m0/s1. The molecule has 0 saturated carbocycles. The Bertz CT molecular complexity index is 1130. The van der Waals surface area contributed by atoms with E-state index in [1.165, 1.54) is 6.08 Å². The van der Waals surface area contributed by atoms with Crippen LogP contribution in [-0.4, -0.2) is 50.9 Å². The van der Waals surface area contributed by atoms with Crippen LogP contribution in [0.5, 0.6) is 5.75 Å². The summed E-state index contributed by atoms with van der Waals surface area (Å²) in [6, 6.07) is 5.89. The molecule has 1 aromatic heterocycles. The zero-order chi connectivity index (χ0) is 23.6. The molecule has 0 fully saturated rings. The van der Waals surface area contributed by atoms with E-state index in [1.54, 1.807) is 32.5 Å². The van der Waals surface area contributed by atoms with E-state index in [0.29, 0.717) is 24.6 Å². The normalized spacial score (nSPS) is 23.5. The number of imidazole rings is 1. The van der Waals surface area contributed by atoms with Gasteiger partial charge in [-0.2, -0.15) is 0 Å². The first kappa shape index (κ1) is 22.8. The number of aromatic nitrogens is 2. The summed E-state index contributed by atoms with van der Waals surface area (Å²) in [4.78, 5) is 12.1. The van der Waals surface area contributed by atoms with Crippen molar-refractivity contribution < 1.29 is 19.1 Å². The number of aliphatic hydroxyl groups is 1. The van der Waals surface area contributed by atoms with Crippen LogP contribution >= 0.6 is 0 Å². The number of aryl methyl sites for hydroxylation is 1. The first-order valence-electron chi connectivity index (χ1n) is 10.9. The summed E-state index contributed by atoms with van der Waals surface area (Å²) >= 11 is 0. The molecule has 7 nitrogen and oxygen atoms in total. The van der Waals surface area contributed by atoms with Crippen LogP contribution < -0.4 is 4.74 Å². The number of methoxy groups -OCH3 is 1. The summed E-state index contributed by atoms with van der Waals surface area (Å²) in [6.45, 7) is 5.90. The van der Waals surface area contributed by atoms with Crippen LogP contribution in [0.4, 0.5) is 4.39 Å². The number of rotatable bonds is 7. The molecule has 0 saturated heterocycles. The summed E-state index contributed by atoms with van der Waals surface area (Å²) in [7, 11) is 1.63. The average Bonchev–Trinajstić information content (AvgIpc) is 3.36. The summed E-state index contributed by atoms with van der Waals surface area (Å²) < 4.78 is 21.0. The highest BCUT2D eigenvalue weighted by molar-refractivity contribution is 5.97. The lowest BCUT2D eigenvalue weighted by Gasteiger charge is -2.39. The van der Waals surface area contributed by atoms with Crippen LogP contribution in [0.3, 0.4) is 0 Å². The molecule has 174 valence electrons. The van der Waals surface area contributed by atoms with Gasteiger partial charge in [-0.05, 0) is 63.1 Å². The SMILES string of the molecule is COc1cc(/C=C/C2=NO[C@](C)(C3C=CC(F)=CC3)N2C[C@H](C)O)ccc1-n1cnc(C)c1. The number of hydrogen-bond acceptors (Lipinski definition) is 6. The van der Waals surface area contributed by atoms with Gasteiger partial charge in [-0.3, -0.25) is 0 Å². The maximum absolute atomic E-state index is 13.5. The Hall–Kier alpha value is -3.39. The van der Waals surface area contributed by atoms with Crippen LogP contribution in [0.15, 0.2) is 66.0 Å². The zero-order valence-electron chi connectivity index (χ0n) is 19.3. The van der Waals surface area contributed by atoms with Gasteiger partial charge in [0.15, 0.2) is 5.84 Å². The maximum Gasteiger partial charge on any atom is 0.215 e. The molecule has 1 aliphatic carbocycles. The maximum atomic E-state index is 13.5. The Labute approximate surface area is 193 Å². The second kappa shape index (κ2) is 9.23. The molecule has 0 bridgehead atoms. The van der Waals surface area contributed by atoms with Crippen molar-refractivity contribution in [1.29, 1.82) is 0 Å². The quantitative estimate of drug-likeness (QED) is 0.675. The van der Waals surface area contributed by atoms with Gasteiger partial charge in [0.25, 0.3) is 0 Å². The first-order valence-corrected chi connectivity index (χ1v) is 10.9. The third-order valence-electron chi connectivity index (χ3n) is 5.94. The molecule has 4 rings (SSSR count).